The van der Waals surface area contributed by atoms with Gasteiger partial charge in [0.05, 0.1) is 18.6 Å². The number of likely N-dealkylation sites (tertiary alicyclic amines) is 1. The molecule has 2 aliphatic rings. The molecule has 0 saturated carbocycles. The van der Waals surface area contributed by atoms with E-state index in [2.05, 4.69) is 0 Å². The number of hydrogen-bond donors (Lipinski definition) is 0. The Bertz CT molecular complexity index is 957. The smallest absolute Gasteiger partial charge is 0.253 e. The van der Waals surface area contributed by atoms with E-state index in [1.807, 2.05) is 56.0 Å². The summed E-state index contributed by atoms with van der Waals surface area (Å²) >= 11 is 0. The van der Waals surface area contributed by atoms with E-state index in [0.717, 1.165) is 16.9 Å². The molecule has 1 fully saturated rings. The van der Waals surface area contributed by atoms with Crippen LogP contribution in [-0.4, -0.2) is 41.9 Å². The maximum Gasteiger partial charge on any atom is 0.253 e. The van der Waals surface area contributed by atoms with Gasteiger partial charge in [0.1, 0.15) is 17.1 Å². The number of hydrogen-bond acceptors (Lipinski definition) is 4. The maximum atomic E-state index is 13.0. The fourth-order valence-electron chi connectivity index (χ4n) is 4.25. The molecule has 2 aliphatic heterocycles. The van der Waals surface area contributed by atoms with Gasteiger partial charge in [-0.1, -0.05) is 12.1 Å². The van der Waals surface area contributed by atoms with E-state index in [4.69, 9.17) is 9.47 Å². The molecule has 2 aromatic rings. The lowest BCUT2D eigenvalue weighted by molar-refractivity contribution is -0.00621. The fourth-order valence-corrected chi connectivity index (χ4v) is 4.25. The molecule has 29 heavy (non-hydrogen) atoms. The van der Waals surface area contributed by atoms with Crippen LogP contribution in [-0.2, 0) is 0 Å². The molecule has 1 saturated heterocycles. The van der Waals surface area contributed by atoms with Crippen molar-refractivity contribution in [3.05, 3.63) is 58.7 Å². The average Bonchev–Trinajstić information content (AvgIpc) is 2.72. The van der Waals surface area contributed by atoms with Crippen molar-refractivity contribution in [3.63, 3.8) is 0 Å². The molecule has 5 nitrogen and oxygen atoms in total. The highest BCUT2D eigenvalue weighted by Crippen LogP contribution is 2.41. The van der Waals surface area contributed by atoms with Crippen molar-refractivity contribution in [2.75, 3.05) is 19.7 Å². The molecular formula is C24H27NO4. The monoisotopic (exact) mass is 393 g/mol. The predicted octanol–water partition coefficient (Wildman–Crippen LogP) is 4.34. The number of benzene rings is 2. The Hall–Kier alpha value is -2.82. The van der Waals surface area contributed by atoms with Gasteiger partial charge in [-0.25, -0.2) is 0 Å². The molecule has 0 bridgehead atoms. The van der Waals surface area contributed by atoms with Crippen molar-refractivity contribution in [2.24, 2.45) is 0 Å². The third kappa shape index (κ3) is 3.61. The van der Waals surface area contributed by atoms with Gasteiger partial charge < -0.3 is 14.4 Å². The molecule has 0 atom stereocenters. The second-order valence-electron chi connectivity index (χ2n) is 8.02. The zero-order chi connectivity index (χ0) is 20.6. The van der Waals surface area contributed by atoms with Crippen LogP contribution in [0.1, 0.15) is 58.0 Å². The number of Topliss-reactive ketones (excluding diaryl/α,β-unsaturated/α-hetero) is 1. The summed E-state index contributed by atoms with van der Waals surface area (Å²) in [7, 11) is 0. The number of carbonyl (C=O) groups is 2. The van der Waals surface area contributed by atoms with Crippen molar-refractivity contribution in [1.82, 2.24) is 4.90 Å². The van der Waals surface area contributed by atoms with Crippen molar-refractivity contribution in [2.45, 2.75) is 45.6 Å². The first-order chi connectivity index (χ1) is 13.9. The lowest BCUT2D eigenvalue weighted by Crippen LogP contribution is -2.52. The summed E-state index contributed by atoms with van der Waals surface area (Å²) < 4.78 is 12.0. The molecular weight excluding hydrogens is 366 g/mol. The zero-order valence-electron chi connectivity index (χ0n) is 17.3. The molecule has 0 aromatic heterocycles. The van der Waals surface area contributed by atoms with Crippen LogP contribution in [0.3, 0.4) is 0 Å². The molecule has 2 heterocycles. The number of aryl methyl sites for hydroxylation is 1. The topological polar surface area (TPSA) is 55.8 Å². The second kappa shape index (κ2) is 7.54. The fraction of sp³-hybridized carbons (Fsp3) is 0.417. The highest BCUT2D eigenvalue weighted by Gasteiger charge is 2.44. The minimum Gasteiger partial charge on any atom is -0.494 e. The van der Waals surface area contributed by atoms with Crippen LogP contribution >= 0.6 is 0 Å². The predicted molar refractivity (Wildman–Crippen MR) is 111 cm³/mol. The Kier molecular flexibility index (Phi) is 5.07. The van der Waals surface area contributed by atoms with Crippen LogP contribution in [0.2, 0.25) is 0 Å². The third-order valence-corrected chi connectivity index (χ3v) is 6.13. The zero-order valence-corrected chi connectivity index (χ0v) is 17.3. The van der Waals surface area contributed by atoms with E-state index in [1.54, 1.807) is 6.07 Å². The highest BCUT2D eigenvalue weighted by atomic mass is 16.5. The molecule has 1 amide bonds. The second-order valence-corrected chi connectivity index (χ2v) is 8.02. The molecule has 0 unspecified atom stereocenters. The Morgan fingerprint density at radius 2 is 1.93 bits per heavy atom. The molecule has 0 aliphatic carbocycles. The van der Waals surface area contributed by atoms with E-state index >= 15 is 0 Å². The van der Waals surface area contributed by atoms with Gasteiger partial charge in [-0.15, -0.1) is 0 Å². The number of amides is 1. The SMILES string of the molecule is CCOc1cccc(C(=O)N2CCC3(CC2)CC(=O)c2ccc(C)c(C)c2O3)c1. The van der Waals surface area contributed by atoms with Crippen LogP contribution in [0, 0.1) is 13.8 Å². The van der Waals surface area contributed by atoms with Crippen molar-refractivity contribution < 1.29 is 19.1 Å². The van der Waals surface area contributed by atoms with Crippen LogP contribution in [0.15, 0.2) is 36.4 Å². The van der Waals surface area contributed by atoms with Gasteiger partial charge in [-0.3, -0.25) is 9.59 Å². The molecule has 4 rings (SSSR count). The van der Waals surface area contributed by atoms with Crippen molar-refractivity contribution in [3.8, 4) is 11.5 Å². The van der Waals surface area contributed by atoms with Gasteiger partial charge in [0, 0.05) is 31.5 Å². The minimum atomic E-state index is -0.507. The van der Waals surface area contributed by atoms with Crippen LogP contribution < -0.4 is 9.47 Å². The summed E-state index contributed by atoms with van der Waals surface area (Å²) in [5.41, 5.74) is 2.96. The number of rotatable bonds is 3. The molecule has 5 heteroatoms. The van der Waals surface area contributed by atoms with Crippen molar-refractivity contribution in [1.29, 1.82) is 0 Å². The molecule has 1 spiro atoms. The Balaban J connectivity index is 1.49. The standard InChI is InChI=1S/C24H27NO4/c1-4-28-19-7-5-6-18(14-19)23(27)25-12-10-24(11-13-25)15-21(26)20-9-8-16(2)17(3)22(20)29-24/h5-9,14H,4,10-13,15H2,1-3H3. The Labute approximate surface area is 171 Å². The van der Waals surface area contributed by atoms with Gasteiger partial charge >= 0.3 is 0 Å². The molecule has 2 aromatic carbocycles. The van der Waals surface area contributed by atoms with Crippen LogP contribution in [0.5, 0.6) is 11.5 Å². The first kappa shape index (κ1) is 19.5. The summed E-state index contributed by atoms with van der Waals surface area (Å²) in [5.74, 6) is 1.57. The highest BCUT2D eigenvalue weighted by molar-refractivity contribution is 6.01. The number of carbonyl (C=O) groups excluding carboxylic acids is 2. The van der Waals surface area contributed by atoms with E-state index in [-0.39, 0.29) is 11.7 Å². The lowest BCUT2D eigenvalue weighted by Gasteiger charge is -2.44. The molecule has 0 N–H and O–H groups in total. The minimum absolute atomic E-state index is 0.00374. The maximum absolute atomic E-state index is 13.0. The van der Waals surface area contributed by atoms with Crippen LogP contribution in [0.25, 0.3) is 0 Å². The number of nitrogens with zero attached hydrogens (tertiary/aromatic N) is 1. The number of ketones is 1. The Morgan fingerprint density at radius 1 is 1.17 bits per heavy atom. The number of ether oxygens (including phenoxy) is 2. The Morgan fingerprint density at radius 3 is 2.66 bits per heavy atom. The summed E-state index contributed by atoms with van der Waals surface area (Å²) in [6, 6.07) is 11.2. The normalized spacial score (nSPS) is 17.6. The lowest BCUT2D eigenvalue weighted by atomic mass is 9.81. The van der Waals surface area contributed by atoms with Gasteiger partial charge in [0.25, 0.3) is 5.91 Å². The van der Waals surface area contributed by atoms with Gasteiger partial charge in [0.2, 0.25) is 0 Å². The molecule has 0 radical (unpaired) electrons. The quantitative estimate of drug-likeness (QED) is 0.778. The average molecular weight is 393 g/mol. The first-order valence-electron chi connectivity index (χ1n) is 10.3. The van der Waals surface area contributed by atoms with E-state index in [9.17, 15) is 9.59 Å². The van der Waals surface area contributed by atoms with Crippen molar-refractivity contribution >= 4 is 11.7 Å². The number of piperidine rings is 1. The largest absolute Gasteiger partial charge is 0.494 e. The summed E-state index contributed by atoms with van der Waals surface area (Å²) in [6.07, 6.45) is 1.69. The van der Waals surface area contributed by atoms with Gasteiger partial charge in [-0.05, 0) is 56.2 Å². The van der Waals surface area contributed by atoms with Gasteiger partial charge in [0.15, 0.2) is 5.78 Å². The summed E-state index contributed by atoms with van der Waals surface area (Å²) in [4.78, 5) is 27.6. The number of fused-ring (bicyclic) bond motifs is 1. The molecule has 152 valence electrons. The first-order valence-corrected chi connectivity index (χ1v) is 10.3. The summed E-state index contributed by atoms with van der Waals surface area (Å²) in [6.45, 7) is 7.67. The van der Waals surface area contributed by atoms with E-state index < -0.39 is 5.60 Å². The van der Waals surface area contributed by atoms with Crippen LogP contribution in [0.4, 0.5) is 0 Å². The van der Waals surface area contributed by atoms with E-state index in [1.165, 1.54) is 0 Å². The van der Waals surface area contributed by atoms with E-state index in [0.29, 0.717) is 55.8 Å². The third-order valence-electron chi connectivity index (χ3n) is 6.13. The van der Waals surface area contributed by atoms with Gasteiger partial charge in [-0.2, -0.15) is 0 Å². The summed E-state index contributed by atoms with van der Waals surface area (Å²) in [5, 5.41) is 0.